The van der Waals surface area contributed by atoms with Crippen LogP contribution in [0.1, 0.15) is 50.2 Å². The lowest BCUT2D eigenvalue weighted by Crippen LogP contribution is -2.42. The van der Waals surface area contributed by atoms with Crippen LogP contribution < -0.4 is 10.1 Å². The SMILES string of the molecule is COc1ccnc(C(=O)N[C@@H](C)C(=O)O[C@@H](C)[C@@H](COCCC(C)C)Cc2ccccc2)c1O. The molecule has 0 radical (unpaired) electrons. The lowest BCUT2D eigenvalue weighted by molar-refractivity contribution is -0.153. The number of aromatic hydroxyl groups is 1. The number of amides is 1. The van der Waals surface area contributed by atoms with Crippen molar-refractivity contribution in [2.75, 3.05) is 20.3 Å². The van der Waals surface area contributed by atoms with Crippen molar-refractivity contribution in [3.63, 3.8) is 0 Å². The summed E-state index contributed by atoms with van der Waals surface area (Å²) in [6.07, 6.45) is 2.56. The van der Waals surface area contributed by atoms with Gasteiger partial charge < -0.3 is 24.6 Å². The highest BCUT2D eigenvalue weighted by molar-refractivity contribution is 5.97. The van der Waals surface area contributed by atoms with E-state index in [0.717, 1.165) is 12.0 Å². The number of methoxy groups -OCH3 is 1. The van der Waals surface area contributed by atoms with Crippen LogP contribution in [0.4, 0.5) is 0 Å². The third-order valence-corrected chi connectivity index (χ3v) is 5.50. The van der Waals surface area contributed by atoms with Crippen molar-refractivity contribution in [1.82, 2.24) is 10.3 Å². The number of benzene rings is 1. The number of rotatable bonds is 13. The maximum atomic E-state index is 12.7. The van der Waals surface area contributed by atoms with Crippen LogP contribution in [0.5, 0.6) is 11.5 Å². The molecule has 0 saturated carbocycles. The Kier molecular flexibility index (Phi) is 10.8. The van der Waals surface area contributed by atoms with Gasteiger partial charge in [0.25, 0.3) is 5.91 Å². The zero-order chi connectivity index (χ0) is 25.1. The lowest BCUT2D eigenvalue weighted by atomic mass is 9.95. The fourth-order valence-corrected chi connectivity index (χ4v) is 3.30. The second kappa shape index (κ2) is 13.5. The number of carbonyl (C=O) groups excluding carboxylic acids is 2. The van der Waals surface area contributed by atoms with Crippen molar-refractivity contribution in [2.24, 2.45) is 11.8 Å². The molecule has 8 nitrogen and oxygen atoms in total. The Morgan fingerprint density at radius 3 is 2.44 bits per heavy atom. The normalized spacial score (nSPS) is 13.7. The summed E-state index contributed by atoms with van der Waals surface area (Å²) in [5, 5.41) is 12.7. The second-order valence-corrected chi connectivity index (χ2v) is 8.75. The van der Waals surface area contributed by atoms with E-state index in [1.807, 2.05) is 37.3 Å². The van der Waals surface area contributed by atoms with Crippen molar-refractivity contribution in [3.8, 4) is 11.5 Å². The van der Waals surface area contributed by atoms with Gasteiger partial charge in [-0.2, -0.15) is 0 Å². The standard InChI is InChI=1S/C26H36N2O6/c1-17(2)12-14-33-16-21(15-20-9-7-6-8-10-20)19(4)34-26(31)18(3)28-25(30)23-24(29)22(32-5)11-13-27-23/h6-11,13,17-19,21,29H,12,14-16H2,1-5H3,(H,28,30)/t18-,19-,21+/m0/s1. The van der Waals surface area contributed by atoms with Crippen LogP contribution >= 0.6 is 0 Å². The quantitative estimate of drug-likeness (QED) is 0.338. The molecule has 186 valence electrons. The molecule has 3 atom stereocenters. The Morgan fingerprint density at radius 2 is 1.79 bits per heavy atom. The van der Waals surface area contributed by atoms with Gasteiger partial charge in [-0.25, -0.2) is 9.78 Å². The maximum absolute atomic E-state index is 12.7. The first-order valence-corrected chi connectivity index (χ1v) is 11.6. The van der Waals surface area contributed by atoms with Gasteiger partial charge in [0.2, 0.25) is 0 Å². The van der Waals surface area contributed by atoms with Crippen LogP contribution in [-0.2, 0) is 20.7 Å². The molecule has 2 rings (SSSR count). The third kappa shape index (κ3) is 8.33. The summed E-state index contributed by atoms with van der Waals surface area (Å²) < 4.78 is 16.6. The molecular formula is C26H36N2O6. The maximum Gasteiger partial charge on any atom is 0.328 e. The van der Waals surface area contributed by atoms with Crippen LogP contribution in [-0.4, -0.2) is 54.4 Å². The summed E-state index contributed by atoms with van der Waals surface area (Å²) in [7, 11) is 1.37. The summed E-state index contributed by atoms with van der Waals surface area (Å²) in [6.45, 7) is 8.75. The smallest absolute Gasteiger partial charge is 0.328 e. The number of hydrogen-bond donors (Lipinski definition) is 2. The fraction of sp³-hybridized carbons (Fsp3) is 0.500. The van der Waals surface area contributed by atoms with Crippen molar-refractivity contribution in [3.05, 3.63) is 53.9 Å². The molecule has 1 aromatic heterocycles. The van der Waals surface area contributed by atoms with E-state index < -0.39 is 29.8 Å². The van der Waals surface area contributed by atoms with Crippen LogP contribution in [0.3, 0.4) is 0 Å². The predicted molar refractivity (Wildman–Crippen MR) is 129 cm³/mol. The van der Waals surface area contributed by atoms with E-state index >= 15 is 0 Å². The molecule has 8 heteroatoms. The minimum absolute atomic E-state index is 0.0505. The van der Waals surface area contributed by atoms with Gasteiger partial charge in [0.05, 0.1) is 13.7 Å². The number of carbonyl (C=O) groups is 2. The van der Waals surface area contributed by atoms with Gasteiger partial charge in [0.1, 0.15) is 12.1 Å². The van der Waals surface area contributed by atoms with Crippen molar-refractivity contribution >= 4 is 11.9 Å². The first-order valence-electron chi connectivity index (χ1n) is 11.6. The average Bonchev–Trinajstić information content (AvgIpc) is 2.81. The van der Waals surface area contributed by atoms with Crippen molar-refractivity contribution < 1.29 is 28.9 Å². The monoisotopic (exact) mass is 472 g/mol. The van der Waals surface area contributed by atoms with Crippen LogP contribution in [0, 0.1) is 11.8 Å². The third-order valence-electron chi connectivity index (χ3n) is 5.50. The molecule has 0 aliphatic carbocycles. The van der Waals surface area contributed by atoms with Crippen molar-refractivity contribution in [2.45, 2.75) is 52.7 Å². The second-order valence-electron chi connectivity index (χ2n) is 8.75. The number of esters is 1. The number of pyridine rings is 1. The van der Waals surface area contributed by atoms with E-state index in [1.54, 1.807) is 0 Å². The van der Waals surface area contributed by atoms with E-state index in [0.29, 0.717) is 25.6 Å². The van der Waals surface area contributed by atoms with Gasteiger partial charge in [-0.3, -0.25) is 4.79 Å². The molecule has 2 aromatic rings. The molecule has 0 unspecified atom stereocenters. The molecule has 0 spiro atoms. The number of ether oxygens (including phenoxy) is 3. The molecule has 1 amide bonds. The fourth-order valence-electron chi connectivity index (χ4n) is 3.30. The molecule has 34 heavy (non-hydrogen) atoms. The number of nitrogens with one attached hydrogen (secondary N) is 1. The molecule has 1 heterocycles. The Balaban J connectivity index is 1.99. The molecule has 0 fully saturated rings. The largest absolute Gasteiger partial charge is 0.503 e. The van der Waals surface area contributed by atoms with Gasteiger partial charge >= 0.3 is 5.97 Å². The molecule has 0 bridgehead atoms. The van der Waals surface area contributed by atoms with E-state index in [9.17, 15) is 14.7 Å². The highest BCUT2D eigenvalue weighted by Gasteiger charge is 2.27. The Morgan fingerprint density at radius 1 is 1.09 bits per heavy atom. The lowest BCUT2D eigenvalue weighted by Gasteiger charge is -2.26. The zero-order valence-corrected chi connectivity index (χ0v) is 20.6. The highest BCUT2D eigenvalue weighted by Crippen LogP contribution is 2.27. The summed E-state index contributed by atoms with van der Waals surface area (Å²) in [6, 6.07) is 10.5. The Labute approximate surface area is 201 Å². The zero-order valence-electron chi connectivity index (χ0n) is 20.6. The molecule has 0 aliphatic heterocycles. The first-order chi connectivity index (χ1) is 16.2. The van der Waals surface area contributed by atoms with Gasteiger partial charge in [-0.15, -0.1) is 0 Å². The van der Waals surface area contributed by atoms with E-state index in [-0.39, 0.29) is 17.4 Å². The highest BCUT2D eigenvalue weighted by atomic mass is 16.5. The van der Waals surface area contributed by atoms with Crippen LogP contribution in [0.2, 0.25) is 0 Å². The Hall–Kier alpha value is -3.13. The summed E-state index contributed by atoms with van der Waals surface area (Å²) in [4.78, 5) is 29.1. The van der Waals surface area contributed by atoms with Gasteiger partial charge in [-0.1, -0.05) is 44.2 Å². The molecule has 2 N–H and O–H groups in total. The average molecular weight is 473 g/mol. The first kappa shape index (κ1) is 27.1. The molecule has 1 aromatic carbocycles. The minimum Gasteiger partial charge on any atom is -0.503 e. The summed E-state index contributed by atoms with van der Waals surface area (Å²) >= 11 is 0. The predicted octanol–water partition coefficient (Wildman–Crippen LogP) is 3.77. The van der Waals surface area contributed by atoms with Crippen LogP contribution in [0.15, 0.2) is 42.6 Å². The summed E-state index contributed by atoms with van der Waals surface area (Å²) in [5.41, 5.74) is 0.899. The minimum atomic E-state index is -0.943. The van der Waals surface area contributed by atoms with Crippen molar-refractivity contribution in [1.29, 1.82) is 0 Å². The topological polar surface area (TPSA) is 107 Å². The van der Waals surface area contributed by atoms with Gasteiger partial charge in [-0.05, 0) is 38.2 Å². The van der Waals surface area contributed by atoms with E-state index in [4.69, 9.17) is 14.2 Å². The van der Waals surface area contributed by atoms with E-state index in [1.165, 1.54) is 26.3 Å². The molecular weight excluding hydrogens is 436 g/mol. The summed E-state index contributed by atoms with van der Waals surface area (Å²) in [5.74, 6) is -1.06. The number of hydrogen-bond acceptors (Lipinski definition) is 7. The van der Waals surface area contributed by atoms with Crippen LogP contribution in [0.25, 0.3) is 0 Å². The van der Waals surface area contributed by atoms with Gasteiger partial charge in [0, 0.05) is 24.8 Å². The van der Waals surface area contributed by atoms with Gasteiger partial charge in [0.15, 0.2) is 17.2 Å². The number of aromatic nitrogens is 1. The molecule has 0 saturated heterocycles. The Bertz CT molecular complexity index is 919. The number of nitrogens with zero attached hydrogens (tertiary/aromatic N) is 1. The van der Waals surface area contributed by atoms with E-state index in [2.05, 4.69) is 24.1 Å². The molecule has 0 aliphatic rings.